The van der Waals surface area contributed by atoms with Crippen molar-refractivity contribution in [1.82, 2.24) is 0 Å². The fraction of sp³-hybridized carbons (Fsp3) is 0.333. The van der Waals surface area contributed by atoms with Crippen LogP contribution in [-0.4, -0.2) is 16.1 Å². The molecule has 2 aromatic rings. The van der Waals surface area contributed by atoms with E-state index in [2.05, 4.69) is 0 Å². The molecule has 3 nitrogen and oxygen atoms in total. The molecule has 3 aliphatic carbocycles. The summed E-state index contributed by atoms with van der Waals surface area (Å²) in [5.41, 5.74) is 0.734. The Kier molecular flexibility index (Phi) is 3.05. The number of hydrogen-bond donors (Lipinski definition) is 0. The van der Waals surface area contributed by atoms with E-state index in [9.17, 15) is 4.21 Å². The zero-order valence-electron chi connectivity index (χ0n) is 12.6. The standard InChI is InChI=1S/C18H19NO2S/c1-21-16-7-5-6-15(10-16)19-22(20,17-8-3-2-4-9-17)18-11-14(12-18)13-18/h2-10,14H,11-13H2,1H3. The Hall–Kier alpha value is -1.81. The van der Waals surface area contributed by atoms with Gasteiger partial charge in [-0.05, 0) is 49.4 Å². The maximum atomic E-state index is 13.9. The minimum Gasteiger partial charge on any atom is -0.497 e. The van der Waals surface area contributed by atoms with Gasteiger partial charge in [-0.15, -0.1) is 0 Å². The zero-order valence-corrected chi connectivity index (χ0v) is 13.4. The van der Waals surface area contributed by atoms with E-state index in [4.69, 9.17) is 9.10 Å². The summed E-state index contributed by atoms with van der Waals surface area (Å²) in [6.07, 6.45) is 3.15. The first-order chi connectivity index (χ1) is 10.7. The summed E-state index contributed by atoms with van der Waals surface area (Å²) < 4.78 is 23.8. The van der Waals surface area contributed by atoms with Crippen molar-refractivity contribution < 1.29 is 8.95 Å². The van der Waals surface area contributed by atoms with Crippen molar-refractivity contribution in [3.05, 3.63) is 54.6 Å². The van der Waals surface area contributed by atoms with E-state index in [1.807, 2.05) is 54.6 Å². The van der Waals surface area contributed by atoms with Gasteiger partial charge in [-0.2, -0.15) is 4.36 Å². The first-order valence-corrected chi connectivity index (χ1v) is 9.13. The molecule has 0 aromatic heterocycles. The van der Waals surface area contributed by atoms with Crippen LogP contribution in [0.25, 0.3) is 0 Å². The van der Waals surface area contributed by atoms with E-state index >= 15 is 0 Å². The molecule has 3 saturated carbocycles. The minimum atomic E-state index is -2.45. The lowest BCUT2D eigenvalue weighted by atomic mass is 9.55. The van der Waals surface area contributed by atoms with Crippen molar-refractivity contribution in [2.45, 2.75) is 28.9 Å². The summed E-state index contributed by atoms with van der Waals surface area (Å²) >= 11 is 0. The lowest BCUT2D eigenvalue weighted by Crippen LogP contribution is -2.62. The van der Waals surface area contributed by atoms with Crippen LogP contribution >= 0.6 is 0 Å². The van der Waals surface area contributed by atoms with Gasteiger partial charge in [0.25, 0.3) is 0 Å². The van der Waals surface area contributed by atoms with Crippen molar-refractivity contribution >= 4 is 15.4 Å². The third kappa shape index (κ3) is 1.90. The van der Waals surface area contributed by atoms with E-state index in [0.717, 1.165) is 41.5 Å². The average Bonchev–Trinajstić information content (AvgIpc) is 2.45. The second kappa shape index (κ2) is 4.85. The van der Waals surface area contributed by atoms with Crippen LogP contribution < -0.4 is 4.74 Å². The number of benzene rings is 2. The van der Waals surface area contributed by atoms with Crippen LogP contribution in [0.5, 0.6) is 5.75 Å². The molecule has 4 heteroatoms. The van der Waals surface area contributed by atoms with Crippen LogP contribution in [0, 0.1) is 5.92 Å². The highest BCUT2D eigenvalue weighted by atomic mass is 32.2. The summed E-state index contributed by atoms with van der Waals surface area (Å²) in [5, 5.41) is 0. The Labute approximate surface area is 131 Å². The summed E-state index contributed by atoms with van der Waals surface area (Å²) in [6, 6.07) is 17.3. The SMILES string of the molecule is COc1cccc(N=S(=O)(c2ccccc2)C23CC(C2)C3)c1. The van der Waals surface area contributed by atoms with Crippen molar-refractivity contribution in [2.75, 3.05) is 7.11 Å². The normalized spacial score (nSPS) is 28.0. The number of hydrogen-bond acceptors (Lipinski definition) is 3. The highest BCUT2D eigenvalue weighted by Crippen LogP contribution is 2.64. The van der Waals surface area contributed by atoms with Crippen molar-refractivity contribution in [3.8, 4) is 5.75 Å². The van der Waals surface area contributed by atoms with Crippen molar-refractivity contribution in [1.29, 1.82) is 0 Å². The molecule has 2 bridgehead atoms. The van der Waals surface area contributed by atoms with Crippen LogP contribution in [0.1, 0.15) is 19.3 Å². The Balaban J connectivity index is 1.87. The molecule has 114 valence electrons. The number of rotatable bonds is 4. The van der Waals surface area contributed by atoms with E-state index < -0.39 is 9.73 Å². The van der Waals surface area contributed by atoms with E-state index in [-0.39, 0.29) is 4.75 Å². The topological polar surface area (TPSA) is 38.7 Å². The van der Waals surface area contributed by atoms with E-state index in [1.165, 1.54) is 0 Å². The number of nitrogens with zero attached hydrogens (tertiary/aromatic N) is 1. The zero-order chi connectivity index (χ0) is 15.2. The van der Waals surface area contributed by atoms with Gasteiger partial charge in [0.15, 0.2) is 0 Å². The Morgan fingerprint density at radius 1 is 1.09 bits per heavy atom. The maximum Gasteiger partial charge on any atom is 0.121 e. The lowest BCUT2D eigenvalue weighted by molar-refractivity contribution is 0.0516. The van der Waals surface area contributed by atoms with Gasteiger partial charge in [-0.25, -0.2) is 4.21 Å². The van der Waals surface area contributed by atoms with Gasteiger partial charge >= 0.3 is 0 Å². The van der Waals surface area contributed by atoms with Gasteiger partial charge < -0.3 is 4.74 Å². The Bertz CT molecular complexity index is 805. The van der Waals surface area contributed by atoms with Crippen LogP contribution in [0.4, 0.5) is 5.69 Å². The summed E-state index contributed by atoms with van der Waals surface area (Å²) in [4.78, 5) is 0.857. The van der Waals surface area contributed by atoms with Crippen LogP contribution in [-0.2, 0) is 9.73 Å². The fourth-order valence-corrected chi connectivity index (χ4v) is 6.68. The molecule has 1 atom stereocenters. The lowest BCUT2D eigenvalue weighted by Gasteiger charge is -2.62. The van der Waals surface area contributed by atoms with Crippen molar-refractivity contribution in [3.63, 3.8) is 0 Å². The average molecular weight is 313 g/mol. The van der Waals surface area contributed by atoms with Gasteiger partial charge in [-0.1, -0.05) is 24.3 Å². The van der Waals surface area contributed by atoms with Gasteiger partial charge in [-0.3, -0.25) is 0 Å². The molecule has 0 radical (unpaired) electrons. The molecule has 22 heavy (non-hydrogen) atoms. The van der Waals surface area contributed by atoms with E-state index in [1.54, 1.807) is 7.11 Å². The monoisotopic (exact) mass is 313 g/mol. The van der Waals surface area contributed by atoms with Crippen LogP contribution in [0.15, 0.2) is 63.9 Å². The molecule has 0 N–H and O–H groups in total. The Morgan fingerprint density at radius 2 is 1.82 bits per heavy atom. The van der Waals surface area contributed by atoms with Crippen LogP contribution in [0.2, 0.25) is 0 Å². The first kappa shape index (κ1) is 13.8. The largest absolute Gasteiger partial charge is 0.497 e. The summed E-state index contributed by atoms with van der Waals surface area (Å²) in [5.74, 6) is 1.51. The number of methoxy groups -OCH3 is 1. The fourth-order valence-electron chi connectivity index (χ4n) is 3.56. The Morgan fingerprint density at radius 3 is 2.41 bits per heavy atom. The molecule has 0 aliphatic heterocycles. The molecule has 0 saturated heterocycles. The quantitative estimate of drug-likeness (QED) is 0.839. The van der Waals surface area contributed by atoms with Gasteiger partial charge in [0.05, 0.1) is 27.3 Å². The van der Waals surface area contributed by atoms with Crippen molar-refractivity contribution in [2.24, 2.45) is 10.3 Å². The molecule has 3 fully saturated rings. The molecule has 0 heterocycles. The molecule has 0 spiro atoms. The second-order valence-corrected chi connectivity index (χ2v) is 8.86. The summed E-state index contributed by atoms with van der Waals surface area (Å²) in [6.45, 7) is 0. The minimum absolute atomic E-state index is 0.109. The van der Waals surface area contributed by atoms with Gasteiger partial charge in [0.1, 0.15) is 5.75 Å². The highest BCUT2D eigenvalue weighted by Gasteiger charge is 2.63. The smallest absolute Gasteiger partial charge is 0.121 e. The van der Waals surface area contributed by atoms with Gasteiger partial charge in [0.2, 0.25) is 0 Å². The molecule has 5 rings (SSSR count). The molecule has 3 aliphatic rings. The molecular weight excluding hydrogens is 294 g/mol. The molecule has 0 amide bonds. The maximum absolute atomic E-state index is 13.9. The third-order valence-corrected chi connectivity index (χ3v) is 7.97. The number of ether oxygens (including phenoxy) is 1. The highest BCUT2D eigenvalue weighted by molar-refractivity contribution is 7.95. The van der Waals surface area contributed by atoms with Gasteiger partial charge in [0, 0.05) is 11.0 Å². The van der Waals surface area contributed by atoms with E-state index in [0.29, 0.717) is 0 Å². The van der Waals surface area contributed by atoms with Crippen LogP contribution in [0.3, 0.4) is 0 Å². The molecule has 1 unspecified atom stereocenters. The summed E-state index contributed by atoms with van der Waals surface area (Å²) in [7, 11) is -0.818. The first-order valence-electron chi connectivity index (χ1n) is 7.61. The molecular formula is C18H19NO2S. The molecule has 2 aromatic carbocycles. The second-order valence-electron chi connectivity index (χ2n) is 6.29. The predicted molar refractivity (Wildman–Crippen MR) is 88.0 cm³/mol. The third-order valence-electron chi connectivity index (χ3n) is 4.92. The predicted octanol–water partition coefficient (Wildman–Crippen LogP) is 4.41.